The molecule has 1 fully saturated rings. The van der Waals surface area contributed by atoms with Crippen molar-refractivity contribution in [2.24, 2.45) is 0 Å². The highest BCUT2D eigenvalue weighted by molar-refractivity contribution is 6.03. The van der Waals surface area contributed by atoms with E-state index in [1.54, 1.807) is 31.2 Å². The third kappa shape index (κ3) is 4.57. The first-order valence-corrected chi connectivity index (χ1v) is 8.19. The zero-order valence-corrected chi connectivity index (χ0v) is 13.9. The molecule has 25 heavy (non-hydrogen) atoms. The summed E-state index contributed by atoms with van der Waals surface area (Å²) in [5, 5.41) is 2.58. The molecule has 0 atom stereocenters. The molecule has 0 spiro atoms. The molecule has 134 valence electrons. The highest BCUT2D eigenvalue weighted by atomic mass is 19.3. The molecule has 2 aromatic rings. The fourth-order valence-corrected chi connectivity index (χ4v) is 2.87. The second kappa shape index (κ2) is 7.65. The fourth-order valence-electron chi connectivity index (χ4n) is 2.87. The van der Waals surface area contributed by atoms with Crippen LogP contribution >= 0.6 is 0 Å². The van der Waals surface area contributed by atoms with E-state index in [0.717, 1.165) is 18.7 Å². The van der Waals surface area contributed by atoms with Crippen molar-refractivity contribution in [1.82, 2.24) is 4.90 Å². The number of anilines is 1. The molecular weight excluding hydrogens is 330 g/mol. The molecule has 0 saturated carbocycles. The summed E-state index contributed by atoms with van der Waals surface area (Å²) >= 11 is 0. The molecule has 0 aliphatic carbocycles. The Labute approximate surface area is 144 Å². The van der Waals surface area contributed by atoms with Crippen LogP contribution in [0.2, 0.25) is 0 Å². The summed E-state index contributed by atoms with van der Waals surface area (Å²) in [7, 11) is 0. The van der Waals surface area contributed by atoms with Crippen LogP contribution in [0.25, 0.3) is 0 Å². The highest BCUT2D eigenvalue weighted by Gasteiger charge is 2.18. The minimum atomic E-state index is -2.96. The SMILES string of the molecule is Cc1ccc(OC(F)F)c(NC(=O)c2ccc(CN3CCCC3)o2)c1. The number of amides is 1. The van der Waals surface area contributed by atoms with Crippen molar-refractivity contribution in [3.05, 3.63) is 47.4 Å². The number of rotatable bonds is 6. The molecule has 1 aliphatic rings. The Bertz CT molecular complexity index is 740. The van der Waals surface area contributed by atoms with Gasteiger partial charge in [0.1, 0.15) is 11.5 Å². The average Bonchev–Trinajstić information content (AvgIpc) is 3.22. The summed E-state index contributed by atoms with van der Waals surface area (Å²) in [6.07, 6.45) is 2.35. The van der Waals surface area contributed by atoms with Crippen LogP contribution in [0.3, 0.4) is 0 Å². The lowest BCUT2D eigenvalue weighted by Crippen LogP contribution is -2.18. The van der Waals surface area contributed by atoms with Gasteiger partial charge in [0.15, 0.2) is 5.76 Å². The third-order valence-electron chi connectivity index (χ3n) is 4.06. The average molecular weight is 350 g/mol. The molecule has 0 bridgehead atoms. The van der Waals surface area contributed by atoms with Crippen LogP contribution in [0.15, 0.2) is 34.7 Å². The molecule has 0 unspecified atom stereocenters. The number of nitrogens with one attached hydrogen (secondary N) is 1. The van der Waals surface area contributed by atoms with Gasteiger partial charge in [0.05, 0.1) is 12.2 Å². The van der Waals surface area contributed by atoms with Gasteiger partial charge in [0.2, 0.25) is 0 Å². The van der Waals surface area contributed by atoms with Gasteiger partial charge in [0, 0.05) is 0 Å². The van der Waals surface area contributed by atoms with E-state index in [0.29, 0.717) is 12.3 Å². The lowest BCUT2D eigenvalue weighted by molar-refractivity contribution is -0.0493. The predicted molar refractivity (Wildman–Crippen MR) is 89.0 cm³/mol. The van der Waals surface area contributed by atoms with Crippen molar-refractivity contribution < 1.29 is 22.7 Å². The number of carbonyl (C=O) groups excluding carboxylic acids is 1. The van der Waals surface area contributed by atoms with E-state index in [1.165, 1.54) is 18.9 Å². The molecule has 5 nitrogen and oxygen atoms in total. The van der Waals surface area contributed by atoms with Crippen molar-refractivity contribution in [2.45, 2.75) is 32.9 Å². The minimum Gasteiger partial charge on any atom is -0.455 e. The Hall–Kier alpha value is -2.41. The number of benzene rings is 1. The van der Waals surface area contributed by atoms with Gasteiger partial charge in [-0.1, -0.05) is 6.07 Å². The van der Waals surface area contributed by atoms with Crippen LogP contribution < -0.4 is 10.1 Å². The van der Waals surface area contributed by atoms with Crippen molar-refractivity contribution in [1.29, 1.82) is 0 Å². The number of aryl methyl sites for hydroxylation is 1. The lowest BCUT2D eigenvalue weighted by atomic mass is 10.2. The molecule has 7 heteroatoms. The number of halogens is 2. The number of likely N-dealkylation sites (tertiary alicyclic amines) is 1. The van der Waals surface area contributed by atoms with Crippen LogP contribution in [0.4, 0.5) is 14.5 Å². The smallest absolute Gasteiger partial charge is 0.387 e. The maximum atomic E-state index is 12.5. The Morgan fingerprint density at radius 1 is 1.28 bits per heavy atom. The largest absolute Gasteiger partial charge is 0.455 e. The quantitative estimate of drug-likeness (QED) is 0.854. The number of alkyl halides is 2. The topological polar surface area (TPSA) is 54.7 Å². The first-order chi connectivity index (χ1) is 12.0. The van der Waals surface area contributed by atoms with E-state index in [4.69, 9.17) is 4.42 Å². The van der Waals surface area contributed by atoms with Crippen molar-refractivity contribution in [2.75, 3.05) is 18.4 Å². The normalized spacial score (nSPS) is 14.9. The number of hydrogen-bond donors (Lipinski definition) is 1. The summed E-state index contributed by atoms with van der Waals surface area (Å²) in [4.78, 5) is 14.6. The zero-order valence-electron chi connectivity index (χ0n) is 13.9. The van der Waals surface area contributed by atoms with Gasteiger partial charge in [-0.25, -0.2) is 0 Å². The molecule has 1 amide bonds. The molecule has 1 saturated heterocycles. The Kier molecular flexibility index (Phi) is 5.33. The molecule has 3 rings (SSSR count). The number of carbonyl (C=O) groups is 1. The summed E-state index contributed by atoms with van der Waals surface area (Å²) in [6, 6.07) is 7.96. The summed E-state index contributed by atoms with van der Waals surface area (Å²) < 4.78 is 35.0. The van der Waals surface area contributed by atoms with E-state index in [1.807, 2.05) is 0 Å². The van der Waals surface area contributed by atoms with E-state index in [9.17, 15) is 13.6 Å². The predicted octanol–water partition coefficient (Wildman–Crippen LogP) is 4.04. The number of furan rings is 1. The van der Waals surface area contributed by atoms with E-state index >= 15 is 0 Å². The molecule has 1 N–H and O–H groups in total. The van der Waals surface area contributed by atoms with Gasteiger partial charge >= 0.3 is 6.61 Å². The fraction of sp³-hybridized carbons (Fsp3) is 0.389. The monoisotopic (exact) mass is 350 g/mol. The Balaban J connectivity index is 1.69. The van der Waals surface area contributed by atoms with Crippen LogP contribution in [-0.2, 0) is 6.54 Å². The van der Waals surface area contributed by atoms with Gasteiger partial charge < -0.3 is 14.5 Å². The van der Waals surface area contributed by atoms with E-state index in [2.05, 4.69) is 15.0 Å². The van der Waals surface area contributed by atoms with Gasteiger partial charge in [-0.3, -0.25) is 9.69 Å². The standard InChI is InChI=1S/C18H20F2N2O3/c1-12-4-6-15(25-18(19)20)14(10-12)21-17(23)16-7-5-13(24-16)11-22-8-2-3-9-22/h4-7,10,18H,2-3,8-9,11H2,1H3,(H,21,23). The lowest BCUT2D eigenvalue weighted by Gasteiger charge is -2.12. The summed E-state index contributed by atoms with van der Waals surface area (Å²) in [5.41, 5.74) is 0.994. The third-order valence-corrected chi connectivity index (χ3v) is 4.06. The Morgan fingerprint density at radius 3 is 2.76 bits per heavy atom. The second-order valence-corrected chi connectivity index (χ2v) is 6.08. The number of nitrogens with zero attached hydrogens (tertiary/aromatic N) is 1. The van der Waals surface area contributed by atoms with Crippen molar-refractivity contribution in [3.8, 4) is 5.75 Å². The molecule has 2 heterocycles. The summed E-state index contributed by atoms with van der Waals surface area (Å²) in [6.45, 7) is 1.55. The molecule has 1 aromatic heterocycles. The maximum absolute atomic E-state index is 12.5. The van der Waals surface area contributed by atoms with Crippen molar-refractivity contribution >= 4 is 11.6 Å². The molecule has 1 aliphatic heterocycles. The maximum Gasteiger partial charge on any atom is 0.387 e. The zero-order chi connectivity index (χ0) is 17.8. The van der Waals surface area contributed by atoms with E-state index in [-0.39, 0.29) is 17.2 Å². The van der Waals surface area contributed by atoms with Crippen LogP contribution in [0, 0.1) is 6.92 Å². The first-order valence-electron chi connectivity index (χ1n) is 8.19. The first kappa shape index (κ1) is 17.4. The van der Waals surface area contributed by atoms with E-state index < -0.39 is 12.5 Å². The molecule has 1 aromatic carbocycles. The van der Waals surface area contributed by atoms with Gasteiger partial charge in [0.25, 0.3) is 5.91 Å². The van der Waals surface area contributed by atoms with Crippen LogP contribution in [0.1, 0.15) is 34.7 Å². The van der Waals surface area contributed by atoms with Crippen LogP contribution in [0.5, 0.6) is 5.75 Å². The van der Waals surface area contributed by atoms with Crippen molar-refractivity contribution in [3.63, 3.8) is 0 Å². The van der Waals surface area contributed by atoms with Gasteiger partial charge in [-0.2, -0.15) is 8.78 Å². The van der Waals surface area contributed by atoms with Gasteiger partial charge in [-0.15, -0.1) is 0 Å². The van der Waals surface area contributed by atoms with Gasteiger partial charge in [-0.05, 0) is 62.7 Å². The second-order valence-electron chi connectivity index (χ2n) is 6.08. The Morgan fingerprint density at radius 2 is 2.04 bits per heavy atom. The highest BCUT2D eigenvalue weighted by Crippen LogP contribution is 2.28. The number of ether oxygens (including phenoxy) is 1. The number of hydrogen-bond acceptors (Lipinski definition) is 4. The minimum absolute atomic E-state index is 0.0854. The summed E-state index contributed by atoms with van der Waals surface area (Å²) in [5.74, 6) is 0.259. The molecule has 0 radical (unpaired) electrons. The molecular formula is C18H20F2N2O3. The van der Waals surface area contributed by atoms with Crippen LogP contribution in [-0.4, -0.2) is 30.5 Å².